The van der Waals surface area contributed by atoms with Crippen molar-refractivity contribution in [3.05, 3.63) is 182 Å². The molecule has 0 atom stereocenters. The molecule has 0 N–H and O–H groups in total. The van der Waals surface area contributed by atoms with Gasteiger partial charge in [0.1, 0.15) is 0 Å². The van der Waals surface area contributed by atoms with Crippen LogP contribution in [0.15, 0.2) is 182 Å². The van der Waals surface area contributed by atoms with Crippen molar-refractivity contribution in [2.45, 2.75) is 0 Å². The summed E-state index contributed by atoms with van der Waals surface area (Å²) in [5.41, 5.74) is 8.90. The summed E-state index contributed by atoms with van der Waals surface area (Å²) in [4.78, 5) is 15.3. The van der Waals surface area contributed by atoms with Crippen molar-refractivity contribution in [2.75, 3.05) is 0 Å². The third-order valence-corrected chi connectivity index (χ3v) is 13.3. The Morgan fingerprint density at radius 3 is 1.53 bits per heavy atom. The Morgan fingerprint density at radius 1 is 0.298 bits per heavy atom. The van der Waals surface area contributed by atoms with Gasteiger partial charge in [0.2, 0.25) is 0 Å². The number of hydrogen-bond acceptors (Lipinski definition) is 5. The lowest BCUT2D eigenvalue weighted by atomic mass is 10.0. The normalized spacial score (nSPS) is 11.9. The standard InChI is InChI=1S/C51H30N4S2/c1-3-11-31(12-4-1)49-52-50(34-21-25-46-41(28-34)38-16-8-10-18-45(38)56-46)54-51(53-49)35-22-26-47-42(29-35)39-23-19-33(30-48(39)57-47)32-20-24-44-40(27-32)37-15-7-9-17-43(37)55(44)36-13-5-2-6-14-36/h1-30H. The summed E-state index contributed by atoms with van der Waals surface area (Å²) in [5, 5.41) is 7.42. The summed E-state index contributed by atoms with van der Waals surface area (Å²) in [5.74, 6) is 1.99. The lowest BCUT2D eigenvalue weighted by molar-refractivity contribution is 1.08. The summed E-state index contributed by atoms with van der Waals surface area (Å²) < 4.78 is 7.39. The summed E-state index contributed by atoms with van der Waals surface area (Å²) >= 11 is 3.64. The molecule has 6 heteroatoms. The average molecular weight is 763 g/mol. The Balaban J connectivity index is 0.964. The molecule has 0 fully saturated rings. The van der Waals surface area contributed by atoms with Gasteiger partial charge in [-0.1, -0.05) is 103 Å². The van der Waals surface area contributed by atoms with E-state index in [1.165, 1.54) is 79.0 Å². The molecule has 0 radical (unpaired) electrons. The molecule has 0 saturated heterocycles. The van der Waals surface area contributed by atoms with Crippen LogP contribution >= 0.6 is 22.7 Å². The van der Waals surface area contributed by atoms with E-state index in [4.69, 9.17) is 15.0 Å². The average Bonchev–Trinajstić information content (AvgIpc) is 3.95. The number of nitrogens with zero attached hydrogens (tertiary/aromatic N) is 4. The van der Waals surface area contributed by atoms with Crippen molar-refractivity contribution in [3.8, 4) is 51.0 Å². The second-order valence-electron chi connectivity index (χ2n) is 14.4. The molecule has 8 aromatic carbocycles. The molecule has 0 unspecified atom stereocenters. The van der Waals surface area contributed by atoms with E-state index in [2.05, 4.69) is 168 Å². The highest BCUT2D eigenvalue weighted by atomic mass is 32.1. The van der Waals surface area contributed by atoms with E-state index in [1.54, 1.807) is 0 Å². The summed E-state index contributed by atoms with van der Waals surface area (Å²) in [6, 6.07) is 65.0. The van der Waals surface area contributed by atoms with Crippen LogP contribution in [0.1, 0.15) is 0 Å². The fourth-order valence-corrected chi connectivity index (χ4v) is 10.5. The van der Waals surface area contributed by atoms with Gasteiger partial charge in [0.15, 0.2) is 17.5 Å². The van der Waals surface area contributed by atoms with E-state index in [0.29, 0.717) is 17.5 Å². The molecule has 0 aliphatic heterocycles. The van der Waals surface area contributed by atoms with Gasteiger partial charge < -0.3 is 4.57 Å². The fraction of sp³-hybridized carbons (Fsp3) is 0. The molecule has 0 amide bonds. The minimum atomic E-state index is 0.662. The highest BCUT2D eigenvalue weighted by Gasteiger charge is 2.17. The van der Waals surface area contributed by atoms with Gasteiger partial charge in [0, 0.05) is 73.5 Å². The van der Waals surface area contributed by atoms with E-state index < -0.39 is 0 Å². The number of fused-ring (bicyclic) bond motifs is 9. The van der Waals surface area contributed by atoms with Gasteiger partial charge in [-0.2, -0.15) is 0 Å². The second kappa shape index (κ2) is 12.8. The first-order chi connectivity index (χ1) is 28.2. The molecule has 0 spiro atoms. The maximum atomic E-state index is 5.15. The van der Waals surface area contributed by atoms with Crippen molar-refractivity contribution in [1.82, 2.24) is 19.5 Å². The van der Waals surface area contributed by atoms with Gasteiger partial charge in [0.05, 0.1) is 11.0 Å². The number of benzene rings is 8. The van der Waals surface area contributed by atoms with E-state index >= 15 is 0 Å². The summed E-state index contributed by atoms with van der Waals surface area (Å²) in [6.07, 6.45) is 0. The van der Waals surface area contributed by atoms with Crippen LogP contribution in [-0.4, -0.2) is 19.5 Å². The zero-order chi connectivity index (χ0) is 37.5. The number of hydrogen-bond donors (Lipinski definition) is 0. The predicted octanol–water partition coefficient (Wildman–Crippen LogP) is 14.4. The van der Waals surface area contributed by atoms with Crippen LogP contribution in [0.2, 0.25) is 0 Å². The van der Waals surface area contributed by atoms with Crippen molar-refractivity contribution in [3.63, 3.8) is 0 Å². The Bertz CT molecular complexity index is 3530. The zero-order valence-corrected chi connectivity index (χ0v) is 32.1. The van der Waals surface area contributed by atoms with Gasteiger partial charge in [-0.3, -0.25) is 0 Å². The molecular formula is C51H30N4S2. The first-order valence-electron chi connectivity index (χ1n) is 19.0. The van der Waals surface area contributed by atoms with Gasteiger partial charge >= 0.3 is 0 Å². The molecule has 266 valence electrons. The Labute approximate surface area is 335 Å². The second-order valence-corrected chi connectivity index (χ2v) is 16.6. The third kappa shape index (κ3) is 5.30. The lowest BCUT2D eigenvalue weighted by Gasteiger charge is -2.09. The molecular weight excluding hydrogens is 733 g/mol. The number of rotatable bonds is 5. The Morgan fingerprint density at radius 2 is 0.789 bits per heavy atom. The molecule has 0 aliphatic rings. The van der Waals surface area contributed by atoms with E-state index in [-0.39, 0.29) is 0 Å². The molecule has 4 heterocycles. The largest absolute Gasteiger partial charge is 0.309 e. The highest BCUT2D eigenvalue weighted by Crippen LogP contribution is 2.41. The van der Waals surface area contributed by atoms with Crippen LogP contribution in [0, 0.1) is 0 Å². The molecule has 4 nitrogen and oxygen atoms in total. The maximum Gasteiger partial charge on any atom is 0.164 e. The van der Waals surface area contributed by atoms with E-state index in [1.807, 2.05) is 40.9 Å². The Hall–Kier alpha value is -6.99. The topological polar surface area (TPSA) is 43.6 Å². The van der Waals surface area contributed by atoms with Crippen LogP contribution in [-0.2, 0) is 0 Å². The van der Waals surface area contributed by atoms with Gasteiger partial charge in [-0.15, -0.1) is 22.7 Å². The highest BCUT2D eigenvalue weighted by molar-refractivity contribution is 7.26. The number of aromatic nitrogens is 4. The predicted molar refractivity (Wildman–Crippen MR) is 242 cm³/mol. The quantitative estimate of drug-likeness (QED) is 0.175. The summed E-state index contributed by atoms with van der Waals surface area (Å²) in [6.45, 7) is 0. The van der Waals surface area contributed by atoms with E-state index in [0.717, 1.165) is 16.7 Å². The summed E-state index contributed by atoms with van der Waals surface area (Å²) in [7, 11) is 0. The monoisotopic (exact) mass is 762 g/mol. The molecule has 0 aliphatic carbocycles. The van der Waals surface area contributed by atoms with Crippen molar-refractivity contribution >= 4 is 84.8 Å². The maximum absolute atomic E-state index is 5.15. The smallest absolute Gasteiger partial charge is 0.164 e. The van der Waals surface area contributed by atoms with Crippen LogP contribution in [0.25, 0.3) is 113 Å². The molecule has 12 rings (SSSR count). The lowest BCUT2D eigenvalue weighted by Crippen LogP contribution is -2.00. The fourth-order valence-electron chi connectivity index (χ4n) is 8.32. The molecule has 4 aromatic heterocycles. The first kappa shape index (κ1) is 32.3. The zero-order valence-electron chi connectivity index (χ0n) is 30.4. The SMILES string of the molecule is c1ccc(-c2nc(-c3ccc4sc5ccccc5c4c3)nc(-c3ccc4sc5cc(-c6ccc7c(c6)c6ccccc6n7-c6ccccc6)ccc5c4c3)n2)cc1. The van der Waals surface area contributed by atoms with Gasteiger partial charge in [0.25, 0.3) is 0 Å². The number of thiophene rings is 2. The van der Waals surface area contributed by atoms with Crippen LogP contribution in [0.4, 0.5) is 0 Å². The van der Waals surface area contributed by atoms with Crippen LogP contribution in [0.5, 0.6) is 0 Å². The third-order valence-electron chi connectivity index (χ3n) is 11.1. The van der Waals surface area contributed by atoms with Crippen molar-refractivity contribution in [2.24, 2.45) is 0 Å². The Kier molecular flexibility index (Phi) is 7.24. The van der Waals surface area contributed by atoms with Gasteiger partial charge in [-0.25, -0.2) is 15.0 Å². The van der Waals surface area contributed by atoms with E-state index in [9.17, 15) is 0 Å². The van der Waals surface area contributed by atoms with Crippen molar-refractivity contribution < 1.29 is 0 Å². The minimum absolute atomic E-state index is 0.662. The van der Waals surface area contributed by atoms with Gasteiger partial charge in [-0.05, 0) is 90.0 Å². The molecule has 0 saturated carbocycles. The van der Waals surface area contributed by atoms with Crippen molar-refractivity contribution in [1.29, 1.82) is 0 Å². The first-order valence-corrected chi connectivity index (χ1v) is 20.6. The van der Waals surface area contributed by atoms with Crippen LogP contribution < -0.4 is 0 Å². The molecule has 0 bridgehead atoms. The molecule has 57 heavy (non-hydrogen) atoms. The van der Waals surface area contributed by atoms with Crippen LogP contribution in [0.3, 0.4) is 0 Å². The molecule has 12 aromatic rings. The number of para-hydroxylation sites is 2. The minimum Gasteiger partial charge on any atom is -0.309 e.